The molecule has 0 spiro atoms. The van der Waals surface area contributed by atoms with Crippen LogP contribution >= 0.6 is 0 Å². The molecule has 17 heavy (non-hydrogen) atoms. The van der Waals surface area contributed by atoms with Crippen LogP contribution < -0.4 is 5.32 Å². The Morgan fingerprint density at radius 2 is 2.06 bits per heavy atom. The van der Waals surface area contributed by atoms with Gasteiger partial charge in [0.1, 0.15) is 6.33 Å². The molecule has 1 saturated carbocycles. The lowest BCUT2D eigenvalue weighted by atomic mass is 9.79. The number of anilines is 1. The Kier molecular flexibility index (Phi) is 3.36. The third-order valence-corrected chi connectivity index (χ3v) is 3.08. The van der Waals surface area contributed by atoms with Crippen LogP contribution in [0.5, 0.6) is 0 Å². The highest BCUT2D eigenvalue weighted by molar-refractivity contribution is 5.93. The van der Waals surface area contributed by atoms with E-state index in [2.05, 4.69) is 20.5 Å². The van der Waals surface area contributed by atoms with Crippen molar-refractivity contribution in [1.29, 1.82) is 0 Å². The van der Waals surface area contributed by atoms with E-state index in [0.29, 0.717) is 12.8 Å². The lowest BCUT2D eigenvalue weighted by molar-refractivity contribution is -0.147. The summed E-state index contributed by atoms with van der Waals surface area (Å²) in [5.41, 5.74) is 0. The second-order valence-corrected chi connectivity index (χ2v) is 4.16. The van der Waals surface area contributed by atoms with Crippen LogP contribution in [0.3, 0.4) is 0 Å². The number of rotatable bonds is 3. The summed E-state index contributed by atoms with van der Waals surface area (Å²) in [6.45, 7) is 0. The number of carbonyl (C=O) groups is 2. The van der Waals surface area contributed by atoms with Crippen molar-refractivity contribution in [3.63, 3.8) is 0 Å². The van der Waals surface area contributed by atoms with Crippen molar-refractivity contribution >= 4 is 17.8 Å². The van der Waals surface area contributed by atoms with Crippen LogP contribution in [-0.4, -0.2) is 32.2 Å². The van der Waals surface area contributed by atoms with Gasteiger partial charge in [-0.2, -0.15) is 10.1 Å². The molecular formula is C10H14N4O3. The average molecular weight is 238 g/mol. The fraction of sp³-hybridized carbons (Fsp3) is 0.600. The third kappa shape index (κ3) is 2.61. The highest BCUT2D eigenvalue weighted by atomic mass is 16.4. The first-order valence-corrected chi connectivity index (χ1v) is 5.57. The number of nitrogens with one attached hydrogen (secondary N) is 2. The predicted octanol–water partition coefficient (Wildman–Crippen LogP) is 0.634. The van der Waals surface area contributed by atoms with E-state index in [4.69, 9.17) is 5.11 Å². The van der Waals surface area contributed by atoms with Gasteiger partial charge in [-0.25, -0.2) is 5.10 Å². The topological polar surface area (TPSA) is 108 Å². The summed E-state index contributed by atoms with van der Waals surface area (Å²) < 4.78 is 0. The number of carboxylic acid groups (broad SMARTS) is 1. The first kappa shape index (κ1) is 11.6. The number of aromatic amines is 1. The first-order chi connectivity index (χ1) is 8.18. The lowest BCUT2D eigenvalue weighted by Crippen LogP contribution is -2.36. The van der Waals surface area contributed by atoms with Crippen molar-refractivity contribution in [1.82, 2.24) is 15.2 Å². The van der Waals surface area contributed by atoms with Gasteiger partial charge in [-0.05, 0) is 12.8 Å². The van der Waals surface area contributed by atoms with Gasteiger partial charge in [0.25, 0.3) is 0 Å². The Morgan fingerprint density at radius 3 is 2.65 bits per heavy atom. The normalized spacial score (nSPS) is 24.2. The van der Waals surface area contributed by atoms with E-state index in [1.54, 1.807) is 0 Å². The largest absolute Gasteiger partial charge is 0.481 e. The number of nitrogens with zero attached hydrogens (tertiary/aromatic N) is 2. The molecule has 7 nitrogen and oxygen atoms in total. The summed E-state index contributed by atoms with van der Waals surface area (Å²) >= 11 is 0. The summed E-state index contributed by atoms with van der Waals surface area (Å²) in [6, 6.07) is 0. The van der Waals surface area contributed by atoms with E-state index >= 15 is 0 Å². The van der Waals surface area contributed by atoms with Crippen molar-refractivity contribution in [3.8, 4) is 0 Å². The van der Waals surface area contributed by atoms with E-state index < -0.39 is 17.8 Å². The molecule has 1 aliphatic carbocycles. The standard InChI is InChI=1S/C10H14N4O3/c15-8(13-10-11-5-12-14-10)6-3-1-2-4-7(6)9(16)17/h5-7H,1-4H2,(H,16,17)(H2,11,12,13,14,15). The van der Waals surface area contributed by atoms with Crippen LogP contribution in [0.1, 0.15) is 25.7 Å². The van der Waals surface area contributed by atoms with E-state index in [1.807, 2.05) is 0 Å². The SMILES string of the molecule is O=C(O)C1CCCCC1C(=O)Nc1ncn[nH]1. The summed E-state index contributed by atoms with van der Waals surface area (Å²) in [5.74, 6) is -2.01. The lowest BCUT2D eigenvalue weighted by Gasteiger charge is -2.26. The maximum atomic E-state index is 11.9. The Bertz CT molecular complexity index is 404. The van der Waals surface area contributed by atoms with Crippen LogP contribution in [0, 0.1) is 11.8 Å². The summed E-state index contributed by atoms with van der Waals surface area (Å²) in [7, 11) is 0. The number of aromatic nitrogens is 3. The van der Waals surface area contributed by atoms with E-state index in [9.17, 15) is 9.59 Å². The van der Waals surface area contributed by atoms with Crippen LogP contribution in [-0.2, 0) is 9.59 Å². The van der Waals surface area contributed by atoms with Gasteiger partial charge in [-0.15, -0.1) is 0 Å². The number of H-pyrrole nitrogens is 1. The maximum absolute atomic E-state index is 11.9. The molecule has 1 aromatic heterocycles. The van der Waals surface area contributed by atoms with Gasteiger partial charge in [0.2, 0.25) is 11.9 Å². The van der Waals surface area contributed by atoms with E-state index in [-0.39, 0.29) is 11.9 Å². The number of carboxylic acids is 1. The van der Waals surface area contributed by atoms with Crippen molar-refractivity contribution in [3.05, 3.63) is 6.33 Å². The minimum atomic E-state index is -0.901. The minimum Gasteiger partial charge on any atom is -0.481 e. The maximum Gasteiger partial charge on any atom is 0.307 e. The Balaban J connectivity index is 2.03. The molecule has 0 bridgehead atoms. The fourth-order valence-electron chi connectivity index (χ4n) is 2.22. The molecule has 1 amide bonds. The van der Waals surface area contributed by atoms with E-state index in [0.717, 1.165) is 12.8 Å². The molecule has 0 saturated heterocycles. The van der Waals surface area contributed by atoms with Crippen LogP contribution in [0.15, 0.2) is 6.33 Å². The highest BCUT2D eigenvalue weighted by Gasteiger charge is 2.35. The smallest absolute Gasteiger partial charge is 0.307 e. The summed E-state index contributed by atoms with van der Waals surface area (Å²) in [6.07, 6.45) is 4.20. The van der Waals surface area contributed by atoms with Gasteiger partial charge >= 0.3 is 5.97 Å². The molecule has 2 rings (SSSR count). The van der Waals surface area contributed by atoms with Gasteiger partial charge in [-0.3, -0.25) is 14.9 Å². The third-order valence-electron chi connectivity index (χ3n) is 3.08. The predicted molar refractivity (Wildman–Crippen MR) is 58.1 cm³/mol. The van der Waals surface area contributed by atoms with Crippen LogP contribution in [0.25, 0.3) is 0 Å². The molecule has 0 aromatic carbocycles. The molecule has 3 N–H and O–H groups in total. The molecule has 1 fully saturated rings. The zero-order chi connectivity index (χ0) is 12.3. The number of carbonyl (C=O) groups excluding carboxylic acids is 1. The number of hydrogen-bond donors (Lipinski definition) is 3. The first-order valence-electron chi connectivity index (χ1n) is 5.57. The van der Waals surface area contributed by atoms with Crippen molar-refractivity contribution in [2.45, 2.75) is 25.7 Å². The Labute approximate surface area is 97.6 Å². The highest BCUT2D eigenvalue weighted by Crippen LogP contribution is 2.30. The Morgan fingerprint density at radius 1 is 1.35 bits per heavy atom. The number of amides is 1. The number of aliphatic carboxylic acids is 1. The molecule has 2 atom stereocenters. The molecule has 0 radical (unpaired) electrons. The fourth-order valence-corrected chi connectivity index (χ4v) is 2.22. The summed E-state index contributed by atoms with van der Waals surface area (Å²) in [4.78, 5) is 26.7. The molecule has 92 valence electrons. The van der Waals surface area contributed by atoms with Gasteiger partial charge in [0.05, 0.1) is 11.8 Å². The zero-order valence-electron chi connectivity index (χ0n) is 9.22. The van der Waals surface area contributed by atoms with Crippen molar-refractivity contribution < 1.29 is 14.7 Å². The molecule has 1 aliphatic rings. The Hall–Kier alpha value is -1.92. The zero-order valence-corrected chi connectivity index (χ0v) is 9.22. The van der Waals surface area contributed by atoms with Crippen molar-refractivity contribution in [2.75, 3.05) is 5.32 Å². The average Bonchev–Trinajstić information content (AvgIpc) is 2.81. The molecular weight excluding hydrogens is 224 g/mol. The van der Waals surface area contributed by atoms with Crippen LogP contribution in [0.2, 0.25) is 0 Å². The van der Waals surface area contributed by atoms with E-state index in [1.165, 1.54) is 6.33 Å². The summed E-state index contributed by atoms with van der Waals surface area (Å²) in [5, 5.41) is 17.7. The van der Waals surface area contributed by atoms with Gasteiger partial charge in [0, 0.05) is 0 Å². The molecule has 2 unspecified atom stereocenters. The molecule has 1 aromatic rings. The van der Waals surface area contributed by atoms with Gasteiger partial charge in [-0.1, -0.05) is 12.8 Å². The van der Waals surface area contributed by atoms with Crippen molar-refractivity contribution in [2.24, 2.45) is 11.8 Å². The molecule has 0 aliphatic heterocycles. The van der Waals surface area contributed by atoms with Gasteiger partial charge in [0.15, 0.2) is 0 Å². The monoisotopic (exact) mass is 238 g/mol. The molecule has 7 heteroatoms. The second-order valence-electron chi connectivity index (χ2n) is 4.16. The quantitative estimate of drug-likeness (QED) is 0.715. The van der Waals surface area contributed by atoms with Gasteiger partial charge < -0.3 is 5.11 Å². The molecule has 1 heterocycles. The minimum absolute atomic E-state index is 0.254. The second kappa shape index (κ2) is 4.94. The number of hydrogen-bond acceptors (Lipinski definition) is 4. The van der Waals surface area contributed by atoms with Crippen LogP contribution in [0.4, 0.5) is 5.95 Å².